The molecule has 0 aliphatic heterocycles. The number of hydrogen-bond donors (Lipinski definition) is 1. The number of rotatable bonds is 6. The number of ether oxygens (including phenoxy) is 1. The molecule has 0 atom stereocenters. The van der Waals surface area contributed by atoms with Crippen LogP contribution >= 0.6 is 11.3 Å². The SMILES string of the molecule is Cc1ccc(-c2nc(CC(=O)Nc3cccc(OC(F)F)c3)cs2)o1. The van der Waals surface area contributed by atoms with Gasteiger partial charge in [-0.3, -0.25) is 4.79 Å². The highest BCUT2D eigenvalue weighted by Crippen LogP contribution is 2.26. The van der Waals surface area contributed by atoms with Gasteiger partial charge in [-0.2, -0.15) is 8.78 Å². The maximum Gasteiger partial charge on any atom is 0.387 e. The van der Waals surface area contributed by atoms with Gasteiger partial charge in [0.25, 0.3) is 0 Å². The van der Waals surface area contributed by atoms with Crippen LogP contribution in [0.2, 0.25) is 0 Å². The molecule has 0 saturated carbocycles. The van der Waals surface area contributed by atoms with E-state index in [0.29, 0.717) is 22.1 Å². The first-order chi connectivity index (χ1) is 12.0. The Hall–Kier alpha value is -2.74. The van der Waals surface area contributed by atoms with Crippen LogP contribution < -0.4 is 10.1 Å². The fourth-order valence-corrected chi connectivity index (χ4v) is 2.95. The van der Waals surface area contributed by atoms with Crippen molar-refractivity contribution in [3.63, 3.8) is 0 Å². The van der Waals surface area contributed by atoms with Gasteiger partial charge in [0.2, 0.25) is 5.91 Å². The quantitative estimate of drug-likeness (QED) is 0.700. The van der Waals surface area contributed by atoms with Gasteiger partial charge in [-0.15, -0.1) is 11.3 Å². The number of aryl methyl sites for hydroxylation is 1. The third kappa shape index (κ3) is 4.63. The van der Waals surface area contributed by atoms with Gasteiger partial charge in [0.15, 0.2) is 10.8 Å². The van der Waals surface area contributed by atoms with Gasteiger partial charge in [0.05, 0.1) is 12.1 Å². The van der Waals surface area contributed by atoms with Crippen LogP contribution in [0, 0.1) is 6.92 Å². The summed E-state index contributed by atoms with van der Waals surface area (Å²) in [5.41, 5.74) is 0.979. The van der Waals surface area contributed by atoms with E-state index in [1.807, 2.05) is 19.1 Å². The van der Waals surface area contributed by atoms with E-state index in [2.05, 4.69) is 15.0 Å². The van der Waals surface area contributed by atoms with Crippen molar-refractivity contribution in [3.8, 4) is 16.5 Å². The Morgan fingerprint density at radius 1 is 1.36 bits per heavy atom. The second kappa shape index (κ2) is 7.43. The van der Waals surface area contributed by atoms with E-state index in [4.69, 9.17) is 4.42 Å². The number of thiazole rings is 1. The number of halogens is 2. The molecule has 2 heterocycles. The van der Waals surface area contributed by atoms with Gasteiger partial charge in [-0.25, -0.2) is 4.98 Å². The Labute approximate surface area is 146 Å². The maximum atomic E-state index is 12.2. The zero-order valence-corrected chi connectivity index (χ0v) is 14.0. The van der Waals surface area contributed by atoms with Gasteiger partial charge in [-0.05, 0) is 31.2 Å². The number of aromatic nitrogens is 1. The molecule has 25 heavy (non-hydrogen) atoms. The van der Waals surface area contributed by atoms with Crippen molar-refractivity contribution >= 4 is 22.9 Å². The van der Waals surface area contributed by atoms with Crippen LogP contribution in [0.15, 0.2) is 46.2 Å². The molecule has 2 aromatic heterocycles. The summed E-state index contributed by atoms with van der Waals surface area (Å²) in [7, 11) is 0. The van der Waals surface area contributed by atoms with Crippen molar-refractivity contribution in [2.75, 3.05) is 5.32 Å². The average molecular weight is 364 g/mol. The maximum absolute atomic E-state index is 12.2. The van der Waals surface area contributed by atoms with Gasteiger partial charge in [0, 0.05) is 17.1 Å². The predicted octanol–water partition coefficient (Wildman–Crippen LogP) is 4.49. The van der Waals surface area contributed by atoms with Gasteiger partial charge in [0.1, 0.15) is 11.5 Å². The highest BCUT2D eigenvalue weighted by atomic mass is 32.1. The van der Waals surface area contributed by atoms with Gasteiger partial charge < -0.3 is 14.5 Å². The molecule has 0 aliphatic carbocycles. The number of benzene rings is 1. The van der Waals surface area contributed by atoms with Crippen LogP contribution in [0.5, 0.6) is 5.75 Å². The van der Waals surface area contributed by atoms with E-state index in [9.17, 15) is 13.6 Å². The number of anilines is 1. The third-order valence-electron chi connectivity index (χ3n) is 3.19. The monoisotopic (exact) mass is 364 g/mol. The number of furan rings is 1. The number of carbonyl (C=O) groups is 1. The molecule has 0 unspecified atom stereocenters. The molecule has 0 spiro atoms. The minimum Gasteiger partial charge on any atom is -0.459 e. The van der Waals surface area contributed by atoms with Crippen molar-refractivity contribution in [2.45, 2.75) is 20.0 Å². The number of nitrogens with one attached hydrogen (secondary N) is 1. The van der Waals surface area contributed by atoms with Crippen LogP contribution in [0.25, 0.3) is 10.8 Å². The zero-order valence-electron chi connectivity index (χ0n) is 13.2. The van der Waals surface area contributed by atoms with Crippen LogP contribution in [-0.4, -0.2) is 17.5 Å². The summed E-state index contributed by atoms with van der Waals surface area (Å²) in [6.45, 7) is -1.07. The average Bonchev–Trinajstić information content (AvgIpc) is 3.15. The molecule has 1 N–H and O–H groups in total. The molecule has 1 aromatic carbocycles. The van der Waals surface area contributed by atoms with E-state index in [0.717, 1.165) is 5.76 Å². The van der Waals surface area contributed by atoms with Gasteiger partial charge >= 0.3 is 6.61 Å². The minimum absolute atomic E-state index is 0.0167. The summed E-state index contributed by atoms with van der Waals surface area (Å²) in [4.78, 5) is 16.5. The first-order valence-electron chi connectivity index (χ1n) is 7.35. The Kier molecular flexibility index (Phi) is 5.08. The van der Waals surface area contributed by atoms with Crippen LogP contribution in [0.4, 0.5) is 14.5 Å². The standard InChI is InChI=1S/C17H14F2N2O3S/c1-10-5-6-14(23-10)16-21-12(9-25-16)8-15(22)20-11-3-2-4-13(7-11)24-17(18)19/h2-7,9,17H,8H2,1H3,(H,20,22). The van der Waals surface area contributed by atoms with E-state index in [1.165, 1.54) is 29.5 Å². The van der Waals surface area contributed by atoms with Crippen LogP contribution in [-0.2, 0) is 11.2 Å². The van der Waals surface area contributed by atoms with E-state index >= 15 is 0 Å². The summed E-state index contributed by atoms with van der Waals surface area (Å²) in [6.07, 6.45) is 0.0656. The Balaban J connectivity index is 1.62. The molecule has 0 bridgehead atoms. The zero-order chi connectivity index (χ0) is 17.8. The Morgan fingerprint density at radius 3 is 2.92 bits per heavy atom. The lowest BCUT2D eigenvalue weighted by Gasteiger charge is -2.07. The molecule has 0 fully saturated rings. The summed E-state index contributed by atoms with van der Waals surface area (Å²) >= 11 is 1.39. The fraction of sp³-hybridized carbons (Fsp3) is 0.176. The molecule has 5 nitrogen and oxygen atoms in total. The lowest BCUT2D eigenvalue weighted by Crippen LogP contribution is -2.14. The third-order valence-corrected chi connectivity index (χ3v) is 4.09. The lowest BCUT2D eigenvalue weighted by atomic mass is 10.2. The van der Waals surface area contributed by atoms with Crippen molar-refractivity contribution in [1.29, 1.82) is 0 Å². The smallest absolute Gasteiger partial charge is 0.387 e. The highest BCUT2D eigenvalue weighted by Gasteiger charge is 2.12. The Bertz CT molecular complexity index is 876. The van der Waals surface area contributed by atoms with Crippen LogP contribution in [0.1, 0.15) is 11.5 Å². The lowest BCUT2D eigenvalue weighted by molar-refractivity contribution is -0.115. The first kappa shape index (κ1) is 17.1. The molecular weight excluding hydrogens is 350 g/mol. The second-order valence-corrected chi connectivity index (χ2v) is 6.04. The largest absolute Gasteiger partial charge is 0.459 e. The molecular formula is C17H14F2N2O3S. The molecule has 130 valence electrons. The number of alkyl halides is 2. The number of amides is 1. The summed E-state index contributed by atoms with van der Waals surface area (Å²) in [5.74, 6) is 1.13. The normalized spacial score (nSPS) is 10.9. The molecule has 3 aromatic rings. The van der Waals surface area contributed by atoms with E-state index in [-0.39, 0.29) is 18.1 Å². The molecule has 0 aliphatic rings. The second-order valence-electron chi connectivity index (χ2n) is 5.19. The molecule has 0 saturated heterocycles. The number of carbonyl (C=O) groups excluding carboxylic acids is 1. The summed E-state index contributed by atoms with van der Waals surface area (Å²) < 4.78 is 34.2. The van der Waals surface area contributed by atoms with Crippen molar-refractivity contribution in [2.24, 2.45) is 0 Å². The molecule has 0 radical (unpaired) electrons. The van der Waals surface area contributed by atoms with Crippen LogP contribution in [0.3, 0.4) is 0 Å². The molecule has 1 amide bonds. The summed E-state index contributed by atoms with van der Waals surface area (Å²) in [6, 6.07) is 9.51. The molecule has 8 heteroatoms. The Morgan fingerprint density at radius 2 is 2.20 bits per heavy atom. The van der Waals surface area contributed by atoms with E-state index < -0.39 is 6.61 Å². The number of hydrogen-bond acceptors (Lipinski definition) is 5. The topological polar surface area (TPSA) is 64.4 Å². The molecule has 3 rings (SSSR count). The fourth-order valence-electron chi connectivity index (χ4n) is 2.17. The van der Waals surface area contributed by atoms with Crippen molar-refractivity contribution in [1.82, 2.24) is 4.98 Å². The number of nitrogens with zero attached hydrogens (tertiary/aromatic N) is 1. The summed E-state index contributed by atoms with van der Waals surface area (Å²) in [5, 5.41) is 5.11. The van der Waals surface area contributed by atoms with Gasteiger partial charge in [-0.1, -0.05) is 6.07 Å². The van der Waals surface area contributed by atoms with E-state index in [1.54, 1.807) is 11.4 Å². The minimum atomic E-state index is -2.91. The highest BCUT2D eigenvalue weighted by molar-refractivity contribution is 7.13. The van der Waals surface area contributed by atoms with Crippen molar-refractivity contribution in [3.05, 3.63) is 53.2 Å². The first-order valence-corrected chi connectivity index (χ1v) is 8.23. The van der Waals surface area contributed by atoms with Crippen molar-refractivity contribution < 1.29 is 22.7 Å². The predicted molar refractivity (Wildman–Crippen MR) is 90.0 cm³/mol.